The molecule has 3 atom stereocenters. The second kappa shape index (κ2) is 9.57. The molecule has 3 fully saturated rings. The van der Waals surface area contributed by atoms with Crippen LogP contribution in [0.25, 0.3) is 0 Å². The van der Waals surface area contributed by atoms with Crippen molar-refractivity contribution in [3.8, 4) is 0 Å². The number of nitrogens with zero attached hydrogens (tertiary/aromatic N) is 3. The first-order valence-corrected chi connectivity index (χ1v) is 9.65. The lowest BCUT2D eigenvalue weighted by Gasteiger charge is -2.32. The molecule has 5 nitrogen and oxygen atoms in total. The Morgan fingerprint density at radius 3 is 2.33 bits per heavy atom. The highest BCUT2D eigenvalue weighted by molar-refractivity contribution is 5.94. The summed E-state index contributed by atoms with van der Waals surface area (Å²) in [7, 11) is 2.18. The molecule has 3 unspecified atom stereocenters. The van der Waals surface area contributed by atoms with Crippen molar-refractivity contribution < 1.29 is 4.79 Å². The zero-order chi connectivity index (χ0) is 17.4. The fourth-order valence-electron chi connectivity index (χ4n) is 4.67. The summed E-state index contributed by atoms with van der Waals surface area (Å²) in [4.78, 5) is 19.7. The van der Waals surface area contributed by atoms with Gasteiger partial charge in [0.1, 0.15) is 0 Å². The minimum absolute atomic E-state index is 0. The first-order chi connectivity index (χ1) is 12.1. The summed E-state index contributed by atoms with van der Waals surface area (Å²) in [5.74, 6) is 1.31. The fourth-order valence-corrected chi connectivity index (χ4v) is 4.67. The van der Waals surface area contributed by atoms with Crippen molar-refractivity contribution >= 4 is 30.7 Å². The zero-order valence-electron chi connectivity index (χ0n) is 16.0. The maximum Gasteiger partial charge on any atom is 0.253 e. The highest BCUT2D eigenvalue weighted by atomic mass is 35.5. The molecule has 7 heteroatoms. The predicted molar refractivity (Wildman–Crippen MR) is 114 cm³/mol. The summed E-state index contributed by atoms with van der Waals surface area (Å²) >= 11 is 0. The van der Waals surface area contributed by atoms with Crippen LogP contribution >= 0.6 is 24.8 Å². The van der Waals surface area contributed by atoms with Gasteiger partial charge in [0.25, 0.3) is 5.91 Å². The Morgan fingerprint density at radius 1 is 1.04 bits per heavy atom. The Labute approximate surface area is 175 Å². The molecule has 152 valence electrons. The smallest absolute Gasteiger partial charge is 0.253 e. The molecule has 4 rings (SSSR count). The van der Waals surface area contributed by atoms with Crippen molar-refractivity contribution in [1.82, 2.24) is 14.7 Å². The van der Waals surface area contributed by atoms with Crippen LogP contribution < -0.4 is 5.73 Å². The molecule has 0 aromatic heterocycles. The van der Waals surface area contributed by atoms with Gasteiger partial charge in [0.2, 0.25) is 0 Å². The lowest BCUT2D eigenvalue weighted by Crippen LogP contribution is -2.43. The molecule has 2 N–H and O–H groups in total. The maximum atomic E-state index is 12.8. The van der Waals surface area contributed by atoms with Crippen LogP contribution in [-0.2, 0) is 6.54 Å². The number of benzene rings is 1. The van der Waals surface area contributed by atoms with E-state index in [1.54, 1.807) is 0 Å². The third-order valence-electron chi connectivity index (χ3n) is 6.40. The molecule has 1 saturated carbocycles. The van der Waals surface area contributed by atoms with Crippen molar-refractivity contribution in [1.29, 1.82) is 0 Å². The Kier molecular flexibility index (Phi) is 7.95. The van der Waals surface area contributed by atoms with Gasteiger partial charge in [-0.3, -0.25) is 9.69 Å². The van der Waals surface area contributed by atoms with E-state index in [1.165, 1.54) is 12.0 Å². The highest BCUT2D eigenvalue weighted by Crippen LogP contribution is 2.37. The van der Waals surface area contributed by atoms with Gasteiger partial charge in [-0.05, 0) is 49.4 Å². The number of hydrogen-bond acceptors (Lipinski definition) is 4. The van der Waals surface area contributed by atoms with Crippen molar-refractivity contribution in [2.75, 3.05) is 46.3 Å². The van der Waals surface area contributed by atoms with E-state index in [4.69, 9.17) is 5.73 Å². The van der Waals surface area contributed by atoms with Crippen LogP contribution in [0.4, 0.5) is 0 Å². The van der Waals surface area contributed by atoms with E-state index in [-0.39, 0.29) is 36.8 Å². The van der Waals surface area contributed by atoms with Gasteiger partial charge in [0.05, 0.1) is 0 Å². The number of nitrogens with two attached hydrogens (primary N) is 1. The normalized spacial score (nSPS) is 28.4. The quantitative estimate of drug-likeness (QED) is 0.822. The number of likely N-dealkylation sites (N-methyl/N-ethyl adjacent to an activating group) is 1. The van der Waals surface area contributed by atoms with E-state index < -0.39 is 0 Å². The molecule has 2 heterocycles. The third-order valence-corrected chi connectivity index (χ3v) is 6.40. The van der Waals surface area contributed by atoms with Gasteiger partial charge in [0.15, 0.2) is 0 Å². The average molecular weight is 415 g/mol. The number of hydrogen-bond donors (Lipinski definition) is 1. The van der Waals surface area contributed by atoms with Gasteiger partial charge in [-0.2, -0.15) is 0 Å². The highest BCUT2D eigenvalue weighted by Gasteiger charge is 2.42. The van der Waals surface area contributed by atoms with Gasteiger partial charge in [-0.15, -0.1) is 24.8 Å². The van der Waals surface area contributed by atoms with E-state index in [9.17, 15) is 4.79 Å². The number of halogens is 2. The minimum atomic E-state index is 0. The lowest BCUT2D eigenvalue weighted by atomic mass is 9.98. The predicted octanol–water partition coefficient (Wildman–Crippen LogP) is 2.09. The summed E-state index contributed by atoms with van der Waals surface area (Å²) < 4.78 is 0. The first kappa shape index (κ1) is 22.4. The minimum Gasteiger partial charge on any atom is -0.338 e. The van der Waals surface area contributed by atoms with Crippen LogP contribution in [0.3, 0.4) is 0 Å². The summed E-state index contributed by atoms with van der Waals surface area (Å²) in [6, 6.07) is 8.53. The Hall–Kier alpha value is -0.850. The van der Waals surface area contributed by atoms with Crippen LogP contribution in [0, 0.1) is 11.8 Å². The van der Waals surface area contributed by atoms with Crippen LogP contribution in [0.2, 0.25) is 0 Å². The van der Waals surface area contributed by atoms with E-state index in [0.29, 0.717) is 11.8 Å². The maximum absolute atomic E-state index is 12.8. The van der Waals surface area contributed by atoms with Gasteiger partial charge >= 0.3 is 0 Å². The number of amides is 1. The number of rotatable bonds is 3. The number of carbonyl (C=O) groups is 1. The van der Waals surface area contributed by atoms with Crippen LogP contribution in [0.1, 0.15) is 28.8 Å². The summed E-state index contributed by atoms with van der Waals surface area (Å²) in [6.07, 6.45) is 2.30. The second-order valence-corrected chi connectivity index (χ2v) is 8.15. The monoisotopic (exact) mass is 414 g/mol. The van der Waals surface area contributed by atoms with Crippen molar-refractivity contribution in [2.45, 2.75) is 25.4 Å². The van der Waals surface area contributed by atoms with Gasteiger partial charge in [-0.25, -0.2) is 0 Å². The Balaban J connectivity index is 0.00000131. The zero-order valence-corrected chi connectivity index (χ0v) is 17.7. The SMILES string of the molecule is CN1CCN(Cc2ccc(C(=O)N3CC4CCC(N)C4C3)cc2)CC1.Cl.Cl. The topological polar surface area (TPSA) is 52.8 Å². The number of likely N-dealkylation sites (tertiary alicyclic amines) is 1. The van der Waals surface area contributed by atoms with Crippen molar-refractivity contribution in [2.24, 2.45) is 17.6 Å². The molecule has 1 aromatic rings. The van der Waals surface area contributed by atoms with Crippen LogP contribution in [0.5, 0.6) is 0 Å². The van der Waals surface area contributed by atoms with Crippen LogP contribution in [-0.4, -0.2) is 73.0 Å². The van der Waals surface area contributed by atoms with Crippen molar-refractivity contribution in [3.05, 3.63) is 35.4 Å². The van der Waals surface area contributed by atoms with E-state index in [2.05, 4.69) is 29.0 Å². The number of fused-ring (bicyclic) bond motifs is 1. The Bertz CT molecular complexity index is 619. The summed E-state index contributed by atoms with van der Waals surface area (Å²) in [5, 5.41) is 0. The molecular weight excluding hydrogens is 383 g/mol. The summed E-state index contributed by atoms with van der Waals surface area (Å²) in [6.45, 7) is 7.22. The molecule has 27 heavy (non-hydrogen) atoms. The molecule has 0 spiro atoms. The molecule has 1 aromatic carbocycles. The standard InChI is InChI=1S/C20H30N4O.2ClH/c1-22-8-10-23(11-9-22)12-15-2-4-16(5-3-15)20(25)24-13-17-6-7-19(21)18(17)14-24;;/h2-5,17-19H,6-14,21H2,1H3;2*1H. The van der Waals surface area contributed by atoms with Gasteiger partial charge < -0.3 is 15.5 Å². The molecule has 2 aliphatic heterocycles. The molecule has 2 saturated heterocycles. The van der Waals surface area contributed by atoms with E-state index >= 15 is 0 Å². The molecule has 1 aliphatic carbocycles. The second-order valence-electron chi connectivity index (χ2n) is 8.15. The van der Waals surface area contributed by atoms with Gasteiger partial charge in [0, 0.05) is 57.4 Å². The molecule has 3 aliphatic rings. The third kappa shape index (κ3) is 4.96. The first-order valence-electron chi connectivity index (χ1n) is 9.65. The van der Waals surface area contributed by atoms with E-state index in [0.717, 1.165) is 57.8 Å². The molecular formula is C20H32Cl2N4O. The molecule has 0 radical (unpaired) electrons. The van der Waals surface area contributed by atoms with Gasteiger partial charge in [-0.1, -0.05) is 12.1 Å². The fraction of sp³-hybridized carbons (Fsp3) is 0.650. The molecule has 0 bridgehead atoms. The largest absolute Gasteiger partial charge is 0.338 e. The summed E-state index contributed by atoms with van der Waals surface area (Å²) in [5.41, 5.74) is 8.30. The average Bonchev–Trinajstić information content (AvgIpc) is 3.19. The molecule has 1 amide bonds. The van der Waals surface area contributed by atoms with E-state index in [1.807, 2.05) is 17.0 Å². The number of piperazine rings is 1. The lowest BCUT2D eigenvalue weighted by molar-refractivity contribution is 0.0779. The van der Waals surface area contributed by atoms with Crippen molar-refractivity contribution in [3.63, 3.8) is 0 Å². The number of carbonyl (C=O) groups excluding carboxylic acids is 1. The Morgan fingerprint density at radius 2 is 1.70 bits per heavy atom. The van der Waals surface area contributed by atoms with Crippen LogP contribution in [0.15, 0.2) is 24.3 Å².